The molecule has 0 unspecified atom stereocenters. The maximum Gasteiger partial charge on any atom is 0.143 e. The van der Waals surface area contributed by atoms with Crippen molar-refractivity contribution < 1.29 is 17.9 Å². The summed E-state index contributed by atoms with van der Waals surface area (Å²) in [6, 6.07) is 56.6. The van der Waals surface area contributed by atoms with Gasteiger partial charge >= 0.3 is 0 Å². The summed E-state index contributed by atoms with van der Waals surface area (Å²) < 4.78 is 45.7. The fourth-order valence-corrected chi connectivity index (χ4v) is 10.6. The third kappa shape index (κ3) is 7.57. The molecule has 8 aromatic carbocycles. The number of hydrogen-bond acceptors (Lipinski definition) is 5. The van der Waals surface area contributed by atoms with E-state index in [0.717, 1.165) is 106 Å². The lowest BCUT2D eigenvalue weighted by atomic mass is 9.87. The molecule has 350 valence electrons. The smallest absolute Gasteiger partial charge is 0.143 e. The van der Waals surface area contributed by atoms with Gasteiger partial charge in [0.05, 0.1) is 22.4 Å². The van der Waals surface area contributed by atoms with Crippen LogP contribution < -0.4 is 14.5 Å². The van der Waals surface area contributed by atoms with Crippen LogP contribution >= 0.6 is 0 Å². The van der Waals surface area contributed by atoms with Crippen molar-refractivity contribution in [3.8, 4) is 39.6 Å². The first-order valence-corrected chi connectivity index (χ1v) is 24.5. The maximum atomic E-state index is 15.5. The molecule has 0 saturated heterocycles. The molecule has 0 atom stereocenters. The molecule has 8 heteroatoms. The van der Waals surface area contributed by atoms with Crippen LogP contribution in [0.3, 0.4) is 0 Å². The molecule has 0 amide bonds. The Morgan fingerprint density at radius 3 is 2.03 bits per heavy atom. The summed E-state index contributed by atoms with van der Waals surface area (Å²) in [6.45, 7) is 13.7. The number of halogens is 2. The largest absolute Gasteiger partial charge is 0.457 e. The topological polar surface area (TPSA) is 46.7 Å². The molecule has 0 aliphatic carbocycles. The molecule has 0 N–H and O–H groups in total. The lowest BCUT2D eigenvalue weighted by Crippen LogP contribution is -2.26. The van der Waals surface area contributed by atoms with E-state index in [-0.39, 0.29) is 17.8 Å². The van der Waals surface area contributed by atoms with Crippen LogP contribution in [0.1, 0.15) is 76.0 Å². The van der Waals surface area contributed by atoms with E-state index < -0.39 is 11.6 Å². The van der Waals surface area contributed by atoms with E-state index in [1.54, 1.807) is 6.07 Å². The van der Waals surface area contributed by atoms with Gasteiger partial charge in [-0.05, 0) is 131 Å². The fourth-order valence-electron chi connectivity index (χ4n) is 10.6. The third-order valence-corrected chi connectivity index (χ3v) is 14.1. The van der Waals surface area contributed by atoms with Gasteiger partial charge in [0, 0.05) is 68.4 Å². The van der Waals surface area contributed by atoms with Crippen LogP contribution in [0.4, 0.5) is 31.5 Å². The predicted molar refractivity (Wildman–Crippen MR) is 287 cm³/mol. The number of fused-ring (bicyclic) bond motifs is 7. The van der Waals surface area contributed by atoms with Crippen LogP contribution in [0.15, 0.2) is 180 Å². The monoisotopic (exact) mass is 934 g/mol. The minimum absolute atomic E-state index is 0.0816. The Morgan fingerprint density at radius 1 is 0.535 bits per heavy atom. The molecule has 0 radical (unpaired) electrons. The SMILES string of the molecule is CC(C)c1ccc2c(c1)N(c1c(C(C)C)cc(-c3ccc(F)cc3F)cc1C(C)C)CN2c1cc(Oc2ccc3c4ccccc4n(-c4ccccn4)c3c2)cc(-c2cccc3c2oc2ccccc23)c1. The molecule has 3 aromatic heterocycles. The second-order valence-corrected chi connectivity index (χ2v) is 19.7. The number of nitrogens with zero attached hydrogens (tertiary/aromatic N) is 4. The Labute approximate surface area is 412 Å². The van der Waals surface area contributed by atoms with Gasteiger partial charge in [-0.15, -0.1) is 0 Å². The summed E-state index contributed by atoms with van der Waals surface area (Å²) >= 11 is 0. The number of anilines is 4. The zero-order valence-electron chi connectivity index (χ0n) is 40.5. The second kappa shape index (κ2) is 17.3. The average Bonchev–Trinajstić information content (AvgIpc) is 4.06. The van der Waals surface area contributed by atoms with Gasteiger partial charge in [0.2, 0.25) is 0 Å². The normalized spacial score (nSPS) is 12.8. The number of aromatic nitrogens is 2. The van der Waals surface area contributed by atoms with E-state index in [1.807, 2.05) is 48.7 Å². The van der Waals surface area contributed by atoms with Crippen LogP contribution in [0, 0.1) is 11.6 Å². The number of rotatable bonds is 10. The van der Waals surface area contributed by atoms with Crippen LogP contribution in [0.2, 0.25) is 0 Å². The van der Waals surface area contributed by atoms with Gasteiger partial charge in [-0.25, -0.2) is 13.8 Å². The number of hydrogen-bond donors (Lipinski definition) is 0. The van der Waals surface area contributed by atoms with E-state index in [4.69, 9.17) is 14.1 Å². The van der Waals surface area contributed by atoms with Crippen LogP contribution in [-0.4, -0.2) is 16.2 Å². The van der Waals surface area contributed by atoms with Crippen LogP contribution in [0.5, 0.6) is 11.5 Å². The molecule has 4 heterocycles. The molecule has 12 rings (SSSR count). The molecule has 0 fully saturated rings. The Bertz CT molecular complexity index is 3840. The van der Waals surface area contributed by atoms with Crippen molar-refractivity contribution in [2.75, 3.05) is 16.5 Å². The molecule has 6 nitrogen and oxygen atoms in total. The number of benzene rings is 8. The molecule has 11 aromatic rings. The lowest BCUT2D eigenvalue weighted by Gasteiger charge is -2.30. The summed E-state index contributed by atoms with van der Waals surface area (Å²) in [4.78, 5) is 9.58. The first-order valence-electron chi connectivity index (χ1n) is 24.5. The number of pyridine rings is 1. The highest BCUT2D eigenvalue weighted by Gasteiger charge is 2.34. The van der Waals surface area contributed by atoms with Gasteiger partial charge in [-0.1, -0.05) is 108 Å². The number of para-hydroxylation sites is 3. The highest BCUT2D eigenvalue weighted by Crippen LogP contribution is 2.52. The number of ether oxygens (including phenoxy) is 1. The van der Waals surface area contributed by atoms with Gasteiger partial charge < -0.3 is 19.0 Å². The van der Waals surface area contributed by atoms with E-state index in [2.05, 4.69) is 165 Å². The summed E-state index contributed by atoms with van der Waals surface area (Å²) in [5.41, 5.74) is 14.3. The second-order valence-electron chi connectivity index (χ2n) is 19.7. The molecule has 0 spiro atoms. The molecule has 0 saturated carbocycles. The molecule has 1 aliphatic rings. The first kappa shape index (κ1) is 44.0. The highest BCUT2D eigenvalue weighted by molar-refractivity contribution is 6.11. The Balaban J connectivity index is 1.04. The molecule has 1 aliphatic heterocycles. The number of furan rings is 1. The van der Waals surface area contributed by atoms with Crippen molar-refractivity contribution in [2.45, 2.75) is 59.3 Å². The Morgan fingerprint density at radius 2 is 1.27 bits per heavy atom. The third-order valence-electron chi connectivity index (χ3n) is 14.1. The predicted octanol–water partition coefficient (Wildman–Crippen LogP) is 18.1. The van der Waals surface area contributed by atoms with E-state index >= 15 is 4.39 Å². The first-order chi connectivity index (χ1) is 34.5. The summed E-state index contributed by atoms with van der Waals surface area (Å²) in [5, 5.41) is 4.36. The molecular weight excluding hydrogens is 883 g/mol. The van der Waals surface area contributed by atoms with Crippen molar-refractivity contribution in [3.63, 3.8) is 0 Å². The van der Waals surface area contributed by atoms with E-state index in [0.29, 0.717) is 23.7 Å². The van der Waals surface area contributed by atoms with Crippen molar-refractivity contribution in [1.29, 1.82) is 0 Å². The standard InChI is InChI=1S/C63H52F2N4O2/c1-37(2)40-21-26-57-59(32-40)68(62-53(38(3)4)30-42(31-54(62)39(5)6)47-24-22-43(64)33-55(47)65)36-67(57)44-28-41(48-16-13-17-52-51-15-8-10-19-60(51)71-63(48)52)29-46(34-44)70-45-23-25-50-49-14-7-9-18-56(49)69(58(50)35-45)61-20-11-12-27-66-61/h7-35,37-39H,36H2,1-6H3. The molecule has 71 heavy (non-hydrogen) atoms. The van der Waals surface area contributed by atoms with Gasteiger partial charge in [-0.3, -0.25) is 4.57 Å². The quantitative estimate of drug-likeness (QED) is 0.137. The Kier molecular flexibility index (Phi) is 10.7. The molecular formula is C63H52F2N4O2. The minimum atomic E-state index is -0.594. The van der Waals surface area contributed by atoms with Crippen molar-refractivity contribution in [3.05, 3.63) is 204 Å². The van der Waals surface area contributed by atoms with E-state index in [9.17, 15) is 4.39 Å². The van der Waals surface area contributed by atoms with E-state index in [1.165, 1.54) is 11.6 Å². The zero-order chi connectivity index (χ0) is 48.7. The zero-order valence-corrected chi connectivity index (χ0v) is 40.5. The van der Waals surface area contributed by atoms with Gasteiger partial charge in [0.1, 0.15) is 46.8 Å². The van der Waals surface area contributed by atoms with Crippen molar-refractivity contribution in [2.24, 2.45) is 0 Å². The van der Waals surface area contributed by atoms with Gasteiger partial charge in [0.25, 0.3) is 0 Å². The maximum absolute atomic E-state index is 15.5. The van der Waals surface area contributed by atoms with Crippen LogP contribution in [0.25, 0.3) is 71.8 Å². The van der Waals surface area contributed by atoms with Crippen LogP contribution in [-0.2, 0) is 0 Å². The minimum Gasteiger partial charge on any atom is -0.457 e. The lowest BCUT2D eigenvalue weighted by molar-refractivity contribution is 0.483. The van der Waals surface area contributed by atoms with Gasteiger partial charge in [-0.2, -0.15) is 0 Å². The van der Waals surface area contributed by atoms with Crippen molar-refractivity contribution in [1.82, 2.24) is 9.55 Å². The average molecular weight is 935 g/mol. The van der Waals surface area contributed by atoms with Gasteiger partial charge in [0.15, 0.2) is 0 Å². The highest BCUT2D eigenvalue weighted by atomic mass is 19.1. The molecule has 0 bridgehead atoms. The Hall–Kier alpha value is -8.23. The van der Waals surface area contributed by atoms with Crippen molar-refractivity contribution >= 4 is 66.5 Å². The summed E-state index contributed by atoms with van der Waals surface area (Å²) in [5.74, 6) is 1.47. The fraction of sp³-hybridized carbons (Fsp3) is 0.159. The summed E-state index contributed by atoms with van der Waals surface area (Å²) in [6.07, 6.45) is 1.82. The summed E-state index contributed by atoms with van der Waals surface area (Å²) in [7, 11) is 0.